The molecule has 0 saturated heterocycles. The van der Waals surface area contributed by atoms with Crippen molar-refractivity contribution in [2.24, 2.45) is 0 Å². The predicted molar refractivity (Wildman–Crippen MR) is 114 cm³/mol. The highest BCUT2D eigenvalue weighted by Crippen LogP contribution is 2.46. The average molecular weight is 421 g/mol. The third-order valence-corrected chi connectivity index (χ3v) is 5.72. The summed E-state index contributed by atoms with van der Waals surface area (Å²) in [5.74, 6) is 0.809. The van der Waals surface area contributed by atoms with Crippen molar-refractivity contribution in [1.29, 1.82) is 0 Å². The van der Waals surface area contributed by atoms with Crippen LogP contribution in [0, 0.1) is 0 Å². The number of rotatable bonds is 6. The molecule has 1 aromatic heterocycles. The molecule has 0 unspecified atom stereocenters. The summed E-state index contributed by atoms with van der Waals surface area (Å²) in [7, 11) is 1.75. The maximum atomic E-state index is 12.7. The highest BCUT2D eigenvalue weighted by Gasteiger charge is 2.33. The van der Waals surface area contributed by atoms with Crippen LogP contribution in [0.15, 0.2) is 36.5 Å². The van der Waals surface area contributed by atoms with Gasteiger partial charge in [-0.2, -0.15) is 0 Å². The molecule has 5 rings (SSSR count). The lowest BCUT2D eigenvalue weighted by Crippen LogP contribution is -2.35. The number of amides is 2. The molecular formula is C23H23N3O5. The number of hydrogen-bond acceptors (Lipinski definition) is 5. The second-order valence-electron chi connectivity index (χ2n) is 7.70. The Labute approximate surface area is 179 Å². The van der Waals surface area contributed by atoms with Gasteiger partial charge in [0.1, 0.15) is 0 Å². The van der Waals surface area contributed by atoms with E-state index in [0.29, 0.717) is 43.0 Å². The van der Waals surface area contributed by atoms with Gasteiger partial charge in [-0.05, 0) is 36.1 Å². The number of aromatic nitrogens is 1. The molecule has 31 heavy (non-hydrogen) atoms. The highest BCUT2D eigenvalue weighted by molar-refractivity contribution is 6.01. The molecule has 2 aliphatic heterocycles. The summed E-state index contributed by atoms with van der Waals surface area (Å²) in [4.78, 5) is 30.0. The average Bonchev–Trinajstić information content (AvgIpc) is 3.41. The van der Waals surface area contributed by atoms with E-state index in [1.165, 1.54) is 0 Å². The van der Waals surface area contributed by atoms with E-state index in [1.807, 2.05) is 30.5 Å². The maximum absolute atomic E-state index is 12.7. The van der Waals surface area contributed by atoms with Crippen LogP contribution in [0.5, 0.6) is 17.2 Å². The van der Waals surface area contributed by atoms with E-state index < -0.39 is 0 Å². The van der Waals surface area contributed by atoms with Crippen molar-refractivity contribution < 1.29 is 23.8 Å². The molecule has 160 valence electrons. The number of benzene rings is 2. The zero-order valence-corrected chi connectivity index (χ0v) is 17.2. The van der Waals surface area contributed by atoms with Crippen molar-refractivity contribution in [3.63, 3.8) is 0 Å². The first-order valence-corrected chi connectivity index (χ1v) is 10.3. The Hall–Kier alpha value is -3.68. The van der Waals surface area contributed by atoms with Gasteiger partial charge in [0.15, 0.2) is 18.1 Å². The van der Waals surface area contributed by atoms with Crippen molar-refractivity contribution in [3.8, 4) is 17.2 Å². The van der Waals surface area contributed by atoms with E-state index in [4.69, 9.17) is 14.2 Å². The largest absolute Gasteiger partial charge is 0.479 e. The first kappa shape index (κ1) is 19.3. The van der Waals surface area contributed by atoms with Crippen molar-refractivity contribution in [1.82, 2.24) is 15.2 Å². The number of nitrogens with one attached hydrogen (secondary N) is 2. The summed E-state index contributed by atoms with van der Waals surface area (Å²) in [5, 5.41) is 4.03. The summed E-state index contributed by atoms with van der Waals surface area (Å²) in [6, 6.07) is 9.89. The lowest BCUT2D eigenvalue weighted by atomic mass is 9.97. The summed E-state index contributed by atoms with van der Waals surface area (Å²) >= 11 is 0. The zero-order chi connectivity index (χ0) is 21.4. The highest BCUT2D eigenvalue weighted by atomic mass is 16.7. The van der Waals surface area contributed by atoms with Gasteiger partial charge in [0, 0.05) is 37.2 Å². The Balaban J connectivity index is 1.25. The van der Waals surface area contributed by atoms with E-state index in [-0.39, 0.29) is 31.0 Å². The van der Waals surface area contributed by atoms with Gasteiger partial charge < -0.3 is 29.4 Å². The van der Waals surface area contributed by atoms with Crippen LogP contribution in [0.25, 0.3) is 10.9 Å². The third kappa shape index (κ3) is 3.54. The minimum absolute atomic E-state index is 0.0649. The topological polar surface area (TPSA) is 92.9 Å². The van der Waals surface area contributed by atoms with E-state index in [0.717, 1.165) is 22.0 Å². The van der Waals surface area contributed by atoms with Crippen molar-refractivity contribution in [2.45, 2.75) is 12.8 Å². The Morgan fingerprint density at radius 2 is 2.16 bits per heavy atom. The number of H-pyrrole nitrogens is 1. The number of hydrogen-bond donors (Lipinski definition) is 2. The van der Waals surface area contributed by atoms with Gasteiger partial charge in [-0.25, -0.2) is 0 Å². The van der Waals surface area contributed by atoms with Crippen molar-refractivity contribution in [2.75, 3.05) is 33.5 Å². The van der Waals surface area contributed by atoms with Crippen LogP contribution < -0.4 is 19.5 Å². The molecule has 0 saturated carbocycles. The number of carbonyl (C=O) groups excluding carboxylic acids is 2. The smallest absolute Gasteiger partial charge is 0.257 e. The summed E-state index contributed by atoms with van der Waals surface area (Å²) in [5.41, 5.74) is 3.52. The van der Waals surface area contributed by atoms with E-state index in [1.54, 1.807) is 11.9 Å². The first-order valence-electron chi connectivity index (χ1n) is 10.3. The monoisotopic (exact) mass is 421 g/mol. The van der Waals surface area contributed by atoms with E-state index in [2.05, 4.69) is 16.4 Å². The number of fused-ring (bicyclic) bond motifs is 3. The molecule has 0 bridgehead atoms. The molecule has 3 aromatic rings. The number of likely N-dealkylation sites (N-methyl/N-ethyl adjacent to an activating group) is 1. The molecule has 2 aromatic carbocycles. The lowest BCUT2D eigenvalue weighted by molar-refractivity contribution is -0.123. The Morgan fingerprint density at radius 3 is 3.06 bits per heavy atom. The molecule has 0 atom stereocenters. The summed E-state index contributed by atoms with van der Waals surface area (Å²) < 4.78 is 16.8. The van der Waals surface area contributed by atoms with Gasteiger partial charge in [-0.15, -0.1) is 0 Å². The molecule has 3 heterocycles. The summed E-state index contributed by atoms with van der Waals surface area (Å²) in [6.07, 6.45) is 3.36. The van der Waals surface area contributed by atoms with E-state index >= 15 is 0 Å². The van der Waals surface area contributed by atoms with Crippen LogP contribution >= 0.6 is 0 Å². The first-order chi connectivity index (χ1) is 15.1. The molecule has 0 radical (unpaired) electrons. The minimum atomic E-state index is -0.262. The molecule has 8 nitrogen and oxygen atoms in total. The Morgan fingerprint density at radius 1 is 1.29 bits per heavy atom. The quantitative estimate of drug-likeness (QED) is 0.637. The number of nitrogens with zero attached hydrogens (tertiary/aromatic N) is 1. The van der Waals surface area contributed by atoms with Crippen molar-refractivity contribution in [3.05, 3.63) is 53.2 Å². The van der Waals surface area contributed by atoms with Crippen LogP contribution in [0.1, 0.15) is 21.5 Å². The third-order valence-electron chi connectivity index (χ3n) is 5.72. The van der Waals surface area contributed by atoms with Crippen molar-refractivity contribution >= 4 is 22.7 Å². The van der Waals surface area contributed by atoms with Crippen LogP contribution in [0.4, 0.5) is 0 Å². The fourth-order valence-electron chi connectivity index (χ4n) is 4.08. The van der Waals surface area contributed by atoms with Gasteiger partial charge in [-0.1, -0.05) is 18.2 Å². The predicted octanol–water partition coefficient (Wildman–Crippen LogP) is 2.26. The molecule has 8 heteroatoms. The zero-order valence-electron chi connectivity index (χ0n) is 17.2. The maximum Gasteiger partial charge on any atom is 0.257 e. The summed E-state index contributed by atoms with van der Waals surface area (Å²) in [6.45, 7) is 0.960. The molecule has 2 amide bonds. The molecule has 0 fully saturated rings. The number of carbonyl (C=O) groups is 2. The molecule has 2 aliphatic rings. The van der Waals surface area contributed by atoms with Gasteiger partial charge in [0.05, 0.1) is 5.56 Å². The van der Waals surface area contributed by atoms with Gasteiger partial charge in [0.2, 0.25) is 12.5 Å². The second-order valence-corrected chi connectivity index (χ2v) is 7.70. The standard InChI is InChI=1S/C23H23N3O5/c1-26-9-7-14-10-18-21(31-13-30-18)22(20(14)23(26)28)29-12-19(27)24-8-6-15-11-25-17-5-3-2-4-16(15)17/h2-5,10-11,25H,6-9,12-13H2,1H3,(H,24,27). The SMILES string of the molecule is CN1CCc2cc3c(c(OCC(=O)NCCc4c[nH]c5ccccc45)c2C1=O)OCO3. The fourth-order valence-corrected chi connectivity index (χ4v) is 4.08. The number of ether oxygens (including phenoxy) is 3. The second kappa shape index (κ2) is 7.86. The van der Waals surface area contributed by atoms with Crippen LogP contribution in [0.3, 0.4) is 0 Å². The fraction of sp³-hybridized carbons (Fsp3) is 0.304. The Kier molecular flexibility index (Phi) is 4.89. The van der Waals surface area contributed by atoms with Crippen LogP contribution in [-0.4, -0.2) is 55.2 Å². The number of aromatic amines is 1. The van der Waals surface area contributed by atoms with E-state index in [9.17, 15) is 9.59 Å². The molecular weight excluding hydrogens is 398 g/mol. The minimum Gasteiger partial charge on any atom is -0.479 e. The lowest BCUT2D eigenvalue weighted by Gasteiger charge is -2.27. The molecule has 2 N–H and O–H groups in total. The van der Waals surface area contributed by atoms with Gasteiger partial charge >= 0.3 is 0 Å². The van der Waals surface area contributed by atoms with Crippen LogP contribution in [0.2, 0.25) is 0 Å². The molecule has 0 aliphatic carbocycles. The van der Waals surface area contributed by atoms with Gasteiger partial charge in [0.25, 0.3) is 11.8 Å². The Bertz CT molecular complexity index is 1170. The number of para-hydroxylation sites is 1. The van der Waals surface area contributed by atoms with Crippen LogP contribution in [-0.2, 0) is 17.6 Å². The normalized spacial score (nSPS) is 14.6. The molecule has 0 spiro atoms. The van der Waals surface area contributed by atoms with Gasteiger partial charge in [-0.3, -0.25) is 9.59 Å².